The quantitative estimate of drug-likeness (QED) is 0.687. The zero-order valence-electron chi connectivity index (χ0n) is 7.95. The minimum atomic E-state index is 0.103. The molecule has 0 bridgehead atoms. The molecule has 3 atom stereocenters. The van der Waals surface area contributed by atoms with Crippen molar-refractivity contribution >= 4 is 0 Å². The van der Waals surface area contributed by atoms with Gasteiger partial charge in [0.2, 0.25) is 0 Å². The van der Waals surface area contributed by atoms with Gasteiger partial charge in [0.15, 0.2) is 0 Å². The van der Waals surface area contributed by atoms with Gasteiger partial charge in [-0.3, -0.25) is 0 Å². The molecule has 3 nitrogen and oxygen atoms in total. The lowest BCUT2D eigenvalue weighted by Crippen LogP contribution is -2.33. The standard InChI is InChI=1S/C9H19NO2/c1-7(10)8(2)12-6-9-4-3-5-11-9/h7-9H,3-6,10H2,1-2H3/t7-,8?,9?/m1/s1. The summed E-state index contributed by atoms with van der Waals surface area (Å²) in [4.78, 5) is 0. The summed E-state index contributed by atoms with van der Waals surface area (Å²) in [5.74, 6) is 0. The lowest BCUT2D eigenvalue weighted by molar-refractivity contribution is -0.0201. The molecule has 1 heterocycles. The maximum Gasteiger partial charge on any atom is 0.0809 e. The third-order valence-corrected chi connectivity index (χ3v) is 2.31. The second-order valence-corrected chi connectivity index (χ2v) is 3.53. The largest absolute Gasteiger partial charge is 0.376 e. The smallest absolute Gasteiger partial charge is 0.0809 e. The summed E-state index contributed by atoms with van der Waals surface area (Å²) in [6.07, 6.45) is 2.74. The normalized spacial score (nSPS) is 28.8. The summed E-state index contributed by atoms with van der Waals surface area (Å²) in [6.45, 7) is 5.54. The van der Waals surface area contributed by atoms with E-state index in [1.165, 1.54) is 6.42 Å². The Morgan fingerprint density at radius 2 is 2.33 bits per heavy atom. The van der Waals surface area contributed by atoms with Gasteiger partial charge >= 0.3 is 0 Å². The molecule has 2 N–H and O–H groups in total. The van der Waals surface area contributed by atoms with Crippen LogP contribution in [0.3, 0.4) is 0 Å². The van der Waals surface area contributed by atoms with Crippen LogP contribution in [-0.2, 0) is 9.47 Å². The number of hydrogen-bond donors (Lipinski definition) is 1. The van der Waals surface area contributed by atoms with Gasteiger partial charge in [-0.2, -0.15) is 0 Å². The molecule has 0 radical (unpaired) electrons. The minimum Gasteiger partial charge on any atom is -0.376 e. The van der Waals surface area contributed by atoms with Gasteiger partial charge in [0, 0.05) is 12.6 Å². The van der Waals surface area contributed by atoms with E-state index >= 15 is 0 Å². The molecular formula is C9H19NO2. The van der Waals surface area contributed by atoms with Crippen molar-refractivity contribution in [2.75, 3.05) is 13.2 Å². The van der Waals surface area contributed by atoms with Crippen molar-refractivity contribution in [3.05, 3.63) is 0 Å². The molecule has 0 spiro atoms. The molecule has 1 saturated heterocycles. The zero-order chi connectivity index (χ0) is 8.97. The van der Waals surface area contributed by atoms with Crippen molar-refractivity contribution in [2.24, 2.45) is 5.73 Å². The molecule has 2 unspecified atom stereocenters. The molecule has 1 rings (SSSR count). The van der Waals surface area contributed by atoms with Crippen molar-refractivity contribution < 1.29 is 9.47 Å². The minimum absolute atomic E-state index is 0.103. The molecule has 1 aliphatic heterocycles. The number of hydrogen-bond acceptors (Lipinski definition) is 3. The van der Waals surface area contributed by atoms with Crippen LogP contribution in [0.15, 0.2) is 0 Å². The molecule has 3 heteroatoms. The van der Waals surface area contributed by atoms with Crippen LogP contribution in [0.2, 0.25) is 0 Å². The van der Waals surface area contributed by atoms with E-state index in [1.807, 2.05) is 13.8 Å². The molecule has 0 aromatic heterocycles. The first-order valence-corrected chi connectivity index (χ1v) is 4.69. The Hall–Kier alpha value is -0.120. The van der Waals surface area contributed by atoms with Gasteiger partial charge in [-0.1, -0.05) is 0 Å². The van der Waals surface area contributed by atoms with E-state index in [0.717, 1.165) is 13.0 Å². The number of rotatable bonds is 4. The first-order chi connectivity index (χ1) is 5.70. The maximum absolute atomic E-state index is 5.65. The molecule has 1 aliphatic rings. The van der Waals surface area contributed by atoms with Crippen molar-refractivity contribution in [2.45, 2.75) is 44.9 Å². The lowest BCUT2D eigenvalue weighted by Gasteiger charge is -2.18. The summed E-state index contributed by atoms with van der Waals surface area (Å²) >= 11 is 0. The average Bonchev–Trinajstić information content (AvgIpc) is 2.51. The highest BCUT2D eigenvalue weighted by molar-refractivity contribution is 4.67. The van der Waals surface area contributed by atoms with Crippen molar-refractivity contribution in [1.29, 1.82) is 0 Å². The highest BCUT2D eigenvalue weighted by Crippen LogP contribution is 2.12. The van der Waals surface area contributed by atoms with Crippen LogP contribution in [0.4, 0.5) is 0 Å². The van der Waals surface area contributed by atoms with Gasteiger partial charge in [0.25, 0.3) is 0 Å². The summed E-state index contributed by atoms with van der Waals surface area (Å²) in [7, 11) is 0. The fourth-order valence-electron chi connectivity index (χ4n) is 1.19. The Labute approximate surface area is 74.2 Å². The summed E-state index contributed by atoms with van der Waals surface area (Å²) in [5.41, 5.74) is 5.65. The van der Waals surface area contributed by atoms with Gasteiger partial charge in [0.05, 0.1) is 18.8 Å². The second-order valence-electron chi connectivity index (χ2n) is 3.53. The summed E-state index contributed by atoms with van der Waals surface area (Å²) < 4.78 is 11.0. The summed E-state index contributed by atoms with van der Waals surface area (Å²) in [6, 6.07) is 0.103. The topological polar surface area (TPSA) is 44.5 Å². The zero-order valence-corrected chi connectivity index (χ0v) is 7.95. The van der Waals surface area contributed by atoms with Gasteiger partial charge in [-0.05, 0) is 26.7 Å². The third kappa shape index (κ3) is 3.09. The lowest BCUT2D eigenvalue weighted by atomic mass is 10.2. The fraction of sp³-hybridized carbons (Fsp3) is 1.00. The maximum atomic E-state index is 5.65. The third-order valence-electron chi connectivity index (χ3n) is 2.31. The first-order valence-electron chi connectivity index (χ1n) is 4.69. The Bertz CT molecular complexity index is 120. The molecule has 12 heavy (non-hydrogen) atoms. The Kier molecular flexibility index (Phi) is 3.98. The van der Waals surface area contributed by atoms with Crippen LogP contribution < -0.4 is 5.73 Å². The molecule has 0 amide bonds. The first kappa shape index (κ1) is 9.96. The van der Waals surface area contributed by atoms with Crippen LogP contribution in [0.1, 0.15) is 26.7 Å². The average molecular weight is 173 g/mol. The summed E-state index contributed by atoms with van der Waals surface area (Å²) in [5, 5.41) is 0. The molecule has 72 valence electrons. The fourth-order valence-corrected chi connectivity index (χ4v) is 1.19. The van der Waals surface area contributed by atoms with Crippen LogP contribution in [0.5, 0.6) is 0 Å². The van der Waals surface area contributed by atoms with E-state index in [2.05, 4.69) is 0 Å². The molecule has 1 fully saturated rings. The van der Waals surface area contributed by atoms with E-state index < -0.39 is 0 Å². The van der Waals surface area contributed by atoms with Crippen LogP contribution >= 0.6 is 0 Å². The van der Waals surface area contributed by atoms with Crippen LogP contribution in [0.25, 0.3) is 0 Å². The SMILES string of the molecule is CC(OCC1CCCO1)[C@@H](C)N. The Morgan fingerprint density at radius 1 is 1.58 bits per heavy atom. The number of ether oxygens (including phenoxy) is 2. The molecule has 0 saturated carbocycles. The number of nitrogens with two attached hydrogens (primary N) is 1. The van der Waals surface area contributed by atoms with Gasteiger partial charge < -0.3 is 15.2 Å². The van der Waals surface area contributed by atoms with Gasteiger partial charge in [-0.25, -0.2) is 0 Å². The highest BCUT2D eigenvalue weighted by atomic mass is 16.5. The predicted molar refractivity (Wildman–Crippen MR) is 48.0 cm³/mol. The van der Waals surface area contributed by atoms with E-state index in [-0.39, 0.29) is 12.1 Å². The Balaban J connectivity index is 2.07. The highest BCUT2D eigenvalue weighted by Gasteiger charge is 2.17. The van der Waals surface area contributed by atoms with E-state index in [4.69, 9.17) is 15.2 Å². The van der Waals surface area contributed by atoms with Crippen molar-refractivity contribution in [1.82, 2.24) is 0 Å². The molecular weight excluding hydrogens is 154 g/mol. The van der Waals surface area contributed by atoms with E-state index in [1.54, 1.807) is 0 Å². The monoisotopic (exact) mass is 173 g/mol. The Morgan fingerprint density at radius 3 is 2.83 bits per heavy atom. The molecule has 0 aliphatic carbocycles. The second kappa shape index (κ2) is 4.80. The van der Waals surface area contributed by atoms with Crippen LogP contribution in [0, 0.1) is 0 Å². The molecule has 0 aromatic carbocycles. The van der Waals surface area contributed by atoms with Crippen molar-refractivity contribution in [3.63, 3.8) is 0 Å². The van der Waals surface area contributed by atoms with E-state index in [0.29, 0.717) is 12.7 Å². The van der Waals surface area contributed by atoms with E-state index in [9.17, 15) is 0 Å². The van der Waals surface area contributed by atoms with Gasteiger partial charge in [0.1, 0.15) is 0 Å². The van der Waals surface area contributed by atoms with Crippen LogP contribution in [-0.4, -0.2) is 31.5 Å². The van der Waals surface area contributed by atoms with Gasteiger partial charge in [-0.15, -0.1) is 0 Å². The predicted octanol–water partition coefficient (Wildman–Crippen LogP) is 0.918. The van der Waals surface area contributed by atoms with Crippen molar-refractivity contribution in [3.8, 4) is 0 Å². The molecule has 0 aromatic rings.